The second kappa shape index (κ2) is 3.30. The van der Waals surface area contributed by atoms with Crippen molar-refractivity contribution in [1.29, 1.82) is 0 Å². The van der Waals surface area contributed by atoms with E-state index in [4.69, 9.17) is 0 Å². The van der Waals surface area contributed by atoms with Crippen LogP contribution in [0.15, 0.2) is 0 Å². The van der Waals surface area contributed by atoms with Gasteiger partial charge in [-0.3, -0.25) is 10.1 Å². The molecular weight excluding hydrogens is 173 g/mol. The Morgan fingerprint density at radius 1 is 1.50 bits per heavy atom. The second-order valence-corrected chi connectivity index (χ2v) is 2.62. The van der Waals surface area contributed by atoms with E-state index in [-0.39, 0.29) is 0 Å². The molecule has 0 bridgehead atoms. The van der Waals surface area contributed by atoms with Gasteiger partial charge < -0.3 is 5.32 Å². The minimum Gasteiger partial charge on any atom is -0.333 e. The van der Waals surface area contributed by atoms with Crippen molar-refractivity contribution in [2.75, 3.05) is 6.54 Å². The fraction of sp³-hybridized carbons (Fsp3) is 0.833. The molecule has 0 saturated carbocycles. The number of carbonyl (C=O) groups excluding carboxylic acids is 1. The molecule has 0 aromatic carbocycles. The molecule has 0 spiro atoms. The quantitative estimate of drug-likeness (QED) is 0.615. The summed E-state index contributed by atoms with van der Waals surface area (Å²) in [7, 11) is 0. The van der Waals surface area contributed by atoms with E-state index in [0.29, 0.717) is 13.0 Å². The van der Waals surface area contributed by atoms with Crippen LogP contribution < -0.4 is 10.6 Å². The largest absolute Gasteiger partial charge is 0.471 e. The maximum absolute atomic E-state index is 11.7. The average Bonchev–Trinajstić information content (AvgIpc) is 2.37. The fourth-order valence-corrected chi connectivity index (χ4v) is 1.05. The van der Waals surface area contributed by atoms with Gasteiger partial charge in [-0.15, -0.1) is 0 Å². The van der Waals surface area contributed by atoms with Crippen LogP contribution in [0.2, 0.25) is 0 Å². The Labute approximate surface area is 67.3 Å². The Morgan fingerprint density at radius 3 is 2.58 bits per heavy atom. The van der Waals surface area contributed by atoms with Crippen molar-refractivity contribution in [1.82, 2.24) is 10.6 Å². The van der Waals surface area contributed by atoms with Gasteiger partial charge in [0, 0.05) is 0 Å². The third-order valence-corrected chi connectivity index (χ3v) is 1.62. The van der Waals surface area contributed by atoms with Crippen molar-refractivity contribution in [3.8, 4) is 0 Å². The van der Waals surface area contributed by atoms with Gasteiger partial charge in [0.15, 0.2) is 0 Å². The predicted molar refractivity (Wildman–Crippen MR) is 35.2 cm³/mol. The lowest BCUT2D eigenvalue weighted by atomic mass is 10.3. The number of hydrogen-bond donors (Lipinski definition) is 2. The van der Waals surface area contributed by atoms with Crippen LogP contribution in [0.3, 0.4) is 0 Å². The molecular formula is C6H9F3N2O. The molecule has 1 aliphatic heterocycles. The molecule has 1 atom stereocenters. The fourth-order valence-electron chi connectivity index (χ4n) is 1.05. The molecule has 12 heavy (non-hydrogen) atoms. The normalized spacial score (nSPS) is 24.1. The van der Waals surface area contributed by atoms with Gasteiger partial charge in [-0.05, 0) is 19.4 Å². The topological polar surface area (TPSA) is 41.1 Å². The van der Waals surface area contributed by atoms with Crippen LogP contribution in [0, 0.1) is 0 Å². The summed E-state index contributed by atoms with van der Waals surface area (Å²) >= 11 is 0. The zero-order valence-corrected chi connectivity index (χ0v) is 6.24. The SMILES string of the molecule is O=C(NC1CCCN1)C(F)(F)F. The number of hydrogen-bond acceptors (Lipinski definition) is 2. The molecule has 1 fully saturated rings. The molecule has 1 rings (SSSR count). The van der Waals surface area contributed by atoms with Crippen LogP contribution in [-0.4, -0.2) is 24.8 Å². The van der Waals surface area contributed by atoms with E-state index in [0.717, 1.165) is 6.42 Å². The van der Waals surface area contributed by atoms with Crippen molar-refractivity contribution in [3.63, 3.8) is 0 Å². The third kappa shape index (κ3) is 2.37. The standard InChI is InChI=1S/C6H9F3N2O/c7-6(8,9)5(12)11-4-2-1-3-10-4/h4,10H,1-3H2,(H,11,12). The molecule has 1 saturated heterocycles. The summed E-state index contributed by atoms with van der Waals surface area (Å²) in [4.78, 5) is 10.3. The van der Waals surface area contributed by atoms with Gasteiger partial charge in [-0.25, -0.2) is 0 Å². The smallest absolute Gasteiger partial charge is 0.333 e. The van der Waals surface area contributed by atoms with Gasteiger partial charge in [-0.2, -0.15) is 13.2 Å². The highest BCUT2D eigenvalue weighted by atomic mass is 19.4. The lowest BCUT2D eigenvalue weighted by Gasteiger charge is -2.13. The van der Waals surface area contributed by atoms with Crippen LogP contribution in [0.1, 0.15) is 12.8 Å². The summed E-state index contributed by atoms with van der Waals surface area (Å²) in [6, 6.07) is 0. The molecule has 2 N–H and O–H groups in total. The monoisotopic (exact) mass is 182 g/mol. The van der Waals surface area contributed by atoms with E-state index in [9.17, 15) is 18.0 Å². The summed E-state index contributed by atoms with van der Waals surface area (Å²) in [5.41, 5.74) is 0. The Balaban J connectivity index is 2.35. The lowest BCUT2D eigenvalue weighted by molar-refractivity contribution is -0.174. The maximum atomic E-state index is 11.7. The van der Waals surface area contributed by atoms with Crippen molar-refractivity contribution in [2.24, 2.45) is 0 Å². The van der Waals surface area contributed by atoms with Gasteiger partial charge in [0.2, 0.25) is 0 Å². The highest BCUT2D eigenvalue weighted by Crippen LogP contribution is 2.15. The van der Waals surface area contributed by atoms with Crippen LogP contribution >= 0.6 is 0 Å². The van der Waals surface area contributed by atoms with Gasteiger partial charge in [-0.1, -0.05) is 0 Å². The van der Waals surface area contributed by atoms with Crippen molar-refractivity contribution < 1.29 is 18.0 Å². The predicted octanol–water partition coefficient (Wildman–Crippen LogP) is 0.374. The minimum absolute atomic E-state index is 0.515. The maximum Gasteiger partial charge on any atom is 0.471 e. The molecule has 1 aliphatic rings. The van der Waals surface area contributed by atoms with Gasteiger partial charge in [0.05, 0.1) is 6.17 Å². The summed E-state index contributed by atoms with van der Waals surface area (Å²) in [6.45, 7) is 0.656. The number of amides is 1. The Hall–Kier alpha value is -0.780. The minimum atomic E-state index is -4.77. The van der Waals surface area contributed by atoms with Crippen LogP contribution in [0.25, 0.3) is 0 Å². The summed E-state index contributed by atoms with van der Waals surface area (Å²) in [5, 5.41) is 4.57. The average molecular weight is 182 g/mol. The Bertz CT molecular complexity index is 174. The number of carbonyl (C=O) groups is 1. The number of rotatable bonds is 1. The van der Waals surface area contributed by atoms with Gasteiger partial charge >= 0.3 is 12.1 Å². The van der Waals surface area contributed by atoms with Crippen LogP contribution in [-0.2, 0) is 4.79 Å². The van der Waals surface area contributed by atoms with Gasteiger partial charge in [0.25, 0.3) is 0 Å². The molecule has 6 heteroatoms. The van der Waals surface area contributed by atoms with E-state index in [2.05, 4.69) is 5.32 Å². The third-order valence-electron chi connectivity index (χ3n) is 1.62. The molecule has 1 unspecified atom stereocenters. The second-order valence-electron chi connectivity index (χ2n) is 2.62. The first-order valence-electron chi connectivity index (χ1n) is 3.61. The summed E-state index contributed by atoms with van der Waals surface area (Å²) in [5.74, 6) is -1.87. The van der Waals surface area contributed by atoms with E-state index < -0.39 is 18.2 Å². The zero-order valence-electron chi connectivity index (χ0n) is 6.24. The van der Waals surface area contributed by atoms with Crippen molar-refractivity contribution in [3.05, 3.63) is 0 Å². The van der Waals surface area contributed by atoms with E-state index in [1.165, 1.54) is 0 Å². The van der Waals surface area contributed by atoms with Crippen molar-refractivity contribution >= 4 is 5.91 Å². The number of halogens is 3. The van der Waals surface area contributed by atoms with Crippen LogP contribution in [0.4, 0.5) is 13.2 Å². The van der Waals surface area contributed by atoms with Crippen molar-refractivity contribution in [2.45, 2.75) is 25.2 Å². The number of alkyl halides is 3. The summed E-state index contributed by atoms with van der Waals surface area (Å²) in [6.07, 6.45) is -3.94. The molecule has 0 aromatic heterocycles. The molecule has 0 radical (unpaired) electrons. The lowest BCUT2D eigenvalue weighted by Crippen LogP contribution is -2.47. The molecule has 70 valence electrons. The zero-order chi connectivity index (χ0) is 9.19. The first kappa shape index (κ1) is 9.31. The number of nitrogens with one attached hydrogen (secondary N) is 2. The molecule has 1 heterocycles. The van der Waals surface area contributed by atoms with Crippen LogP contribution in [0.5, 0.6) is 0 Å². The molecule has 0 aliphatic carbocycles. The molecule has 3 nitrogen and oxygen atoms in total. The first-order chi connectivity index (χ1) is 5.50. The Morgan fingerprint density at radius 2 is 2.17 bits per heavy atom. The van der Waals surface area contributed by atoms with E-state index in [1.807, 2.05) is 5.32 Å². The molecule has 1 amide bonds. The van der Waals surface area contributed by atoms with E-state index in [1.54, 1.807) is 0 Å². The Kier molecular flexibility index (Phi) is 2.56. The molecule has 0 aromatic rings. The highest BCUT2D eigenvalue weighted by molar-refractivity contribution is 5.81. The first-order valence-corrected chi connectivity index (χ1v) is 3.61. The van der Waals surface area contributed by atoms with E-state index >= 15 is 0 Å². The summed E-state index contributed by atoms with van der Waals surface area (Å²) < 4.78 is 35.0. The van der Waals surface area contributed by atoms with Gasteiger partial charge in [0.1, 0.15) is 0 Å². The highest BCUT2D eigenvalue weighted by Gasteiger charge is 2.39.